The molecule has 0 radical (unpaired) electrons. The number of H-pyrrole nitrogens is 1. The van der Waals surface area contributed by atoms with E-state index in [2.05, 4.69) is 4.98 Å². The van der Waals surface area contributed by atoms with Crippen LogP contribution in [0.2, 0.25) is 0 Å². The topological polar surface area (TPSA) is 73.5 Å². The van der Waals surface area contributed by atoms with Gasteiger partial charge in [-0.3, -0.25) is 4.79 Å². The summed E-state index contributed by atoms with van der Waals surface area (Å²) in [7, 11) is -3.14. The minimum absolute atomic E-state index is 0.0561. The molecule has 2 rings (SSSR count). The van der Waals surface area contributed by atoms with Crippen molar-refractivity contribution in [2.45, 2.75) is 0 Å². The van der Waals surface area contributed by atoms with Gasteiger partial charge in [-0.25, -0.2) is 8.42 Å². The van der Waals surface area contributed by atoms with E-state index in [0.717, 1.165) is 0 Å². The summed E-state index contributed by atoms with van der Waals surface area (Å²) < 4.78 is 24.0. The first-order valence-electron chi connectivity index (χ1n) is 5.35. The summed E-state index contributed by atoms with van der Waals surface area (Å²) in [5, 5.41) is 0. The summed E-state index contributed by atoms with van der Waals surface area (Å²) >= 11 is 0. The SMILES string of the molecule is CS(=O)(=O)N1CCN(C(=O)c2cc[nH]c2)CC1. The van der Waals surface area contributed by atoms with Gasteiger partial charge in [0.1, 0.15) is 0 Å². The number of nitrogens with one attached hydrogen (secondary N) is 1. The van der Waals surface area contributed by atoms with E-state index < -0.39 is 10.0 Å². The molecule has 2 heterocycles. The molecule has 1 aliphatic rings. The van der Waals surface area contributed by atoms with Crippen LogP contribution in [0.15, 0.2) is 18.5 Å². The Morgan fingerprint density at radius 2 is 1.94 bits per heavy atom. The lowest BCUT2D eigenvalue weighted by atomic mass is 10.2. The van der Waals surface area contributed by atoms with Crippen LogP contribution in [-0.2, 0) is 10.0 Å². The van der Waals surface area contributed by atoms with E-state index in [1.807, 2.05) is 0 Å². The molecule has 6 nitrogen and oxygen atoms in total. The van der Waals surface area contributed by atoms with Crippen LogP contribution >= 0.6 is 0 Å². The van der Waals surface area contributed by atoms with Crippen molar-refractivity contribution in [1.29, 1.82) is 0 Å². The second kappa shape index (κ2) is 4.50. The molecule has 0 atom stereocenters. The molecule has 0 bridgehead atoms. The highest BCUT2D eigenvalue weighted by Crippen LogP contribution is 2.10. The molecule has 0 aliphatic carbocycles. The molecule has 1 N–H and O–H groups in total. The molecule has 0 aromatic carbocycles. The third kappa shape index (κ3) is 2.67. The van der Waals surface area contributed by atoms with E-state index in [1.165, 1.54) is 10.6 Å². The zero-order valence-electron chi connectivity index (χ0n) is 9.59. The number of hydrogen-bond donors (Lipinski definition) is 1. The average molecular weight is 257 g/mol. The Kier molecular flexibility index (Phi) is 3.21. The number of hydrogen-bond acceptors (Lipinski definition) is 3. The largest absolute Gasteiger partial charge is 0.367 e. The third-order valence-corrected chi connectivity index (χ3v) is 4.14. The van der Waals surface area contributed by atoms with Crippen LogP contribution in [0, 0.1) is 0 Å². The van der Waals surface area contributed by atoms with Crippen LogP contribution in [0.3, 0.4) is 0 Å². The van der Waals surface area contributed by atoms with E-state index >= 15 is 0 Å². The number of sulfonamides is 1. The summed E-state index contributed by atoms with van der Waals surface area (Å²) in [5.74, 6) is -0.0561. The van der Waals surface area contributed by atoms with Crippen molar-refractivity contribution in [2.24, 2.45) is 0 Å². The maximum atomic E-state index is 12.0. The lowest BCUT2D eigenvalue weighted by Gasteiger charge is -2.33. The number of rotatable bonds is 2. The Labute approximate surface area is 100 Å². The zero-order chi connectivity index (χ0) is 12.5. The first kappa shape index (κ1) is 12.1. The normalized spacial score (nSPS) is 18.3. The van der Waals surface area contributed by atoms with Crippen LogP contribution in [0.5, 0.6) is 0 Å². The number of aromatic nitrogens is 1. The fourth-order valence-corrected chi connectivity index (χ4v) is 2.69. The van der Waals surface area contributed by atoms with Gasteiger partial charge >= 0.3 is 0 Å². The molecule has 7 heteroatoms. The number of piperazine rings is 1. The summed E-state index contributed by atoms with van der Waals surface area (Å²) in [6.45, 7) is 1.62. The fraction of sp³-hybridized carbons (Fsp3) is 0.500. The number of aromatic amines is 1. The van der Waals surface area contributed by atoms with Gasteiger partial charge in [-0.2, -0.15) is 4.31 Å². The number of carbonyl (C=O) groups excluding carboxylic acids is 1. The predicted molar refractivity (Wildman–Crippen MR) is 63.1 cm³/mol. The molecule has 94 valence electrons. The van der Waals surface area contributed by atoms with Gasteiger partial charge in [0.25, 0.3) is 5.91 Å². The quantitative estimate of drug-likeness (QED) is 0.792. The van der Waals surface area contributed by atoms with Gasteiger partial charge in [0.15, 0.2) is 0 Å². The highest BCUT2D eigenvalue weighted by Gasteiger charge is 2.26. The molecule has 17 heavy (non-hydrogen) atoms. The second-order valence-corrected chi connectivity index (χ2v) is 6.04. The molecule has 1 saturated heterocycles. The van der Waals surface area contributed by atoms with E-state index in [0.29, 0.717) is 31.7 Å². The van der Waals surface area contributed by atoms with E-state index in [-0.39, 0.29) is 5.91 Å². The first-order valence-corrected chi connectivity index (χ1v) is 7.20. The maximum Gasteiger partial charge on any atom is 0.255 e. The van der Waals surface area contributed by atoms with Gasteiger partial charge in [0, 0.05) is 38.6 Å². The molecule has 0 unspecified atom stereocenters. The van der Waals surface area contributed by atoms with Gasteiger partial charge in [-0.05, 0) is 6.07 Å². The van der Waals surface area contributed by atoms with Crippen LogP contribution in [0.25, 0.3) is 0 Å². The van der Waals surface area contributed by atoms with E-state index in [1.54, 1.807) is 23.4 Å². The van der Waals surface area contributed by atoms with Crippen molar-refractivity contribution < 1.29 is 13.2 Å². The lowest BCUT2D eigenvalue weighted by molar-refractivity contribution is 0.0698. The van der Waals surface area contributed by atoms with Gasteiger partial charge < -0.3 is 9.88 Å². The highest BCUT2D eigenvalue weighted by atomic mass is 32.2. The summed E-state index contributed by atoms with van der Waals surface area (Å²) in [6.07, 6.45) is 4.53. The fourth-order valence-electron chi connectivity index (χ4n) is 1.86. The van der Waals surface area contributed by atoms with Crippen LogP contribution < -0.4 is 0 Å². The predicted octanol–water partition coefficient (Wildman–Crippen LogP) is -0.268. The Bertz CT molecular complexity index is 487. The molecule has 1 fully saturated rings. The van der Waals surface area contributed by atoms with Crippen molar-refractivity contribution in [3.8, 4) is 0 Å². The second-order valence-electron chi connectivity index (χ2n) is 4.05. The van der Waals surface area contributed by atoms with Crippen molar-refractivity contribution in [3.05, 3.63) is 24.0 Å². The van der Waals surface area contributed by atoms with Crippen LogP contribution in [0.4, 0.5) is 0 Å². The number of carbonyl (C=O) groups is 1. The molecule has 1 aromatic rings. The van der Waals surface area contributed by atoms with Crippen molar-refractivity contribution >= 4 is 15.9 Å². The minimum Gasteiger partial charge on any atom is -0.367 e. The molecular formula is C10H15N3O3S. The van der Waals surface area contributed by atoms with E-state index in [9.17, 15) is 13.2 Å². The van der Waals surface area contributed by atoms with Crippen molar-refractivity contribution in [1.82, 2.24) is 14.2 Å². The number of nitrogens with zero attached hydrogens (tertiary/aromatic N) is 2. The van der Waals surface area contributed by atoms with Gasteiger partial charge in [0.05, 0.1) is 11.8 Å². The smallest absolute Gasteiger partial charge is 0.255 e. The number of amides is 1. The minimum atomic E-state index is -3.14. The Balaban J connectivity index is 1.98. The summed E-state index contributed by atoms with van der Waals surface area (Å²) in [4.78, 5) is 16.5. The average Bonchev–Trinajstić information content (AvgIpc) is 2.80. The molecule has 0 saturated carbocycles. The molecule has 0 spiro atoms. The maximum absolute atomic E-state index is 12.0. The van der Waals surface area contributed by atoms with Crippen LogP contribution in [0.1, 0.15) is 10.4 Å². The molecule has 1 amide bonds. The molecular weight excluding hydrogens is 242 g/mol. The Morgan fingerprint density at radius 1 is 1.29 bits per heavy atom. The highest BCUT2D eigenvalue weighted by molar-refractivity contribution is 7.88. The summed E-state index contributed by atoms with van der Waals surface area (Å²) in [5.41, 5.74) is 0.609. The third-order valence-electron chi connectivity index (χ3n) is 2.84. The van der Waals surface area contributed by atoms with Gasteiger partial charge in [0.2, 0.25) is 10.0 Å². The first-order chi connectivity index (χ1) is 7.98. The standard InChI is InChI=1S/C10H15N3O3S/c1-17(15,16)13-6-4-12(5-7-13)10(14)9-2-3-11-8-9/h2-3,8,11H,4-7H2,1H3. The summed E-state index contributed by atoms with van der Waals surface area (Å²) in [6, 6.07) is 1.71. The Hall–Kier alpha value is -1.34. The van der Waals surface area contributed by atoms with Crippen LogP contribution in [-0.4, -0.2) is 60.9 Å². The Morgan fingerprint density at radius 3 is 2.41 bits per heavy atom. The zero-order valence-corrected chi connectivity index (χ0v) is 10.4. The monoisotopic (exact) mass is 257 g/mol. The van der Waals surface area contributed by atoms with Crippen molar-refractivity contribution in [3.63, 3.8) is 0 Å². The van der Waals surface area contributed by atoms with Gasteiger partial charge in [-0.15, -0.1) is 0 Å². The van der Waals surface area contributed by atoms with E-state index in [4.69, 9.17) is 0 Å². The molecule has 1 aliphatic heterocycles. The lowest BCUT2D eigenvalue weighted by Crippen LogP contribution is -2.50. The molecule has 1 aromatic heterocycles. The van der Waals surface area contributed by atoms with Gasteiger partial charge in [-0.1, -0.05) is 0 Å². The van der Waals surface area contributed by atoms with Crippen molar-refractivity contribution in [2.75, 3.05) is 32.4 Å².